The lowest BCUT2D eigenvalue weighted by Gasteiger charge is -2.13. The fourth-order valence-electron chi connectivity index (χ4n) is 2.24. The Morgan fingerprint density at radius 1 is 1.46 bits per heavy atom. The van der Waals surface area contributed by atoms with E-state index in [-0.39, 0.29) is 0 Å². The van der Waals surface area contributed by atoms with Crippen LogP contribution in [0.4, 0.5) is 0 Å². The molecule has 0 aromatic heterocycles. The van der Waals surface area contributed by atoms with Crippen LogP contribution >= 0.6 is 0 Å². The Morgan fingerprint density at radius 2 is 2.46 bits per heavy atom. The first-order valence-corrected chi connectivity index (χ1v) is 4.91. The second-order valence-corrected chi connectivity index (χ2v) is 3.76. The first-order chi connectivity index (χ1) is 6.45. The molecule has 1 aliphatic carbocycles. The number of nitrogens with zero attached hydrogens (tertiary/aromatic N) is 1. The largest absolute Gasteiger partial charge is 0.301 e. The fraction of sp³-hybridized carbons (Fsp3) is 0.556. The van der Waals surface area contributed by atoms with E-state index in [9.17, 15) is 0 Å². The van der Waals surface area contributed by atoms with E-state index in [0.717, 1.165) is 6.54 Å². The highest BCUT2D eigenvalue weighted by atomic mass is 15.9. The zero-order valence-electron chi connectivity index (χ0n) is 7.51. The third-order valence-electron chi connectivity index (χ3n) is 2.91. The van der Waals surface area contributed by atoms with Crippen LogP contribution in [0.2, 0.25) is 0 Å². The molecule has 3 rings (SSSR count). The van der Waals surface area contributed by atoms with Crippen molar-refractivity contribution in [1.82, 2.24) is 21.5 Å². The summed E-state index contributed by atoms with van der Waals surface area (Å²) in [5, 5.41) is 2.01. The van der Waals surface area contributed by atoms with E-state index >= 15 is 0 Å². The second-order valence-electron chi connectivity index (χ2n) is 3.76. The van der Waals surface area contributed by atoms with Crippen molar-refractivity contribution >= 4 is 0 Å². The number of rotatable bonds is 0. The molecular formula is C9H14N4. The van der Waals surface area contributed by atoms with E-state index in [0.29, 0.717) is 5.92 Å². The standard InChI is InChI=1S/C9H14N4/c1-2-4-7-6-10-13-9(7)8(5-3-1)11-12-13/h3,5,7,10-12H,1-2,4,6H2/b5-3-. The van der Waals surface area contributed by atoms with Gasteiger partial charge in [0.2, 0.25) is 0 Å². The fourth-order valence-corrected chi connectivity index (χ4v) is 2.24. The van der Waals surface area contributed by atoms with Gasteiger partial charge in [-0.25, -0.2) is 10.5 Å². The van der Waals surface area contributed by atoms with Crippen LogP contribution < -0.4 is 16.4 Å². The van der Waals surface area contributed by atoms with Crippen molar-refractivity contribution in [1.29, 1.82) is 0 Å². The van der Waals surface area contributed by atoms with Gasteiger partial charge in [0.15, 0.2) is 0 Å². The van der Waals surface area contributed by atoms with Crippen molar-refractivity contribution in [2.24, 2.45) is 5.92 Å². The van der Waals surface area contributed by atoms with E-state index < -0.39 is 0 Å². The Bertz CT molecular complexity index is 281. The lowest BCUT2D eigenvalue weighted by atomic mass is 9.96. The van der Waals surface area contributed by atoms with Gasteiger partial charge < -0.3 is 5.43 Å². The molecule has 0 radical (unpaired) electrons. The third kappa shape index (κ3) is 1.06. The maximum Gasteiger partial charge on any atom is 0.0783 e. The lowest BCUT2D eigenvalue weighted by molar-refractivity contribution is 0.207. The maximum atomic E-state index is 3.31. The van der Waals surface area contributed by atoms with Gasteiger partial charge in [-0.3, -0.25) is 0 Å². The summed E-state index contributed by atoms with van der Waals surface area (Å²) in [5.74, 6) is 0.683. The first-order valence-electron chi connectivity index (χ1n) is 4.91. The number of hydrazine groups is 3. The molecule has 0 bridgehead atoms. The summed E-state index contributed by atoms with van der Waals surface area (Å²) in [6, 6.07) is 0. The molecule has 3 N–H and O–H groups in total. The van der Waals surface area contributed by atoms with Gasteiger partial charge in [-0.15, -0.1) is 5.53 Å². The zero-order chi connectivity index (χ0) is 8.67. The van der Waals surface area contributed by atoms with Gasteiger partial charge in [0, 0.05) is 12.5 Å². The smallest absolute Gasteiger partial charge is 0.0783 e. The monoisotopic (exact) mass is 178 g/mol. The molecular weight excluding hydrogens is 164 g/mol. The molecule has 0 spiro atoms. The van der Waals surface area contributed by atoms with Crippen molar-refractivity contribution in [2.45, 2.75) is 19.3 Å². The van der Waals surface area contributed by atoms with Crippen LogP contribution in [-0.4, -0.2) is 11.7 Å². The maximum absolute atomic E-state index is 3.31. The molecule has 3 aliphatic rings. The van der Waals surface area contributed by atoms with Gasteiger partial charge in [-0.1, -0.05) is 6.08 Å². The molecule has 2 aliphatic heterocycles. The molecule has 1 unspecified atom stereocenters. The summed E-state index contributed by atoms with van der Waals surface area (Å²) in [6.07, 6.45) is 8.22. The van der Waals surface area contributed by atoms with Gasteiger partial charge in [-0.2, -0.15) is 0 Å². The van der Waals surface area contributed by atoms with Crippen LogP contribution in [0, 0.1) is 5.92 Å². The average molecular weight is 178 g/mol. The summed E-state index contributed by atoms with van der Waals surface area (Å²) in [7, 11) is 0. The summed E-state index contributed by atoms with van der Waals surface area (Å²) < 4.78 is 0. The van der Waals surface area contributed by atoms with Gasteiger partial charge in [0.1, 0.15) is 0 Å². The highest BCUT2D eigenvalue weighted by Crippen LogP contribution is 2.30. The molecule has 1 atom stereocenters. The van der Waals surface area contributed by atoms with E-state index in [4.69, 9.17) is 0 Å². The van der Waals surface area contributed by atoms with Crippen molar-refractivity contribution in [3.05, 3.63) is 23.5 Å². The molecule has 1 fully saturated rings. The van der Waals surface area contributed by atoms with Gasteiger partial charge in [0.25, 0.3) is 0 Å². The highest BCUT2D eigenvalue weighted by Gasteiger charge is 2.33. The molecule has 0 aromatic carbocycles. The van der Waals surface area contributed by atoms with Gasteiger partial charge in [0.05, 0.1) is 11.4 Å². The van der Waals surface area contributed by atoms with Crippen molar-refractivity contribution in [2.75, 3.05) is 6.54 Å². The Hall–Kier alpha value is -1.00. The number of hydrogen-bond acceptors (Lipinski definition) is 4. The normalized spacial score (nSPS) is 33.8. The number of hydrogen-bond donors (Lipinski definition) is 3. The Morgan fingerprint density at radius 3 is 3.46 bits per heavy atom. The van der Waals surface area contributed by atoms with E-state index in [1.54, 1.807) is 0 Å². The first kappa shape index (κ1) is 7.41. The molecule has 0 aromatic rings. The van der Waals surface area contributed by atoms with Gasteiger partial charge in [-0.05, 0) is 25.3 Å². The van der Waals surface area contributed by atoms with Crippen molar-refractivity contribution in [3.8, 4) is 0 Å². The Kier molecular flexibility index (Phi) is 1.57. The second kappa shape index (κ2) is 2.75. The lowest BCUT2D eigenvalue weighted by Crippen LogP contribution is -2.43. The van der Waals surface area contributed by atoms with E-state index in [1.807, 2.05) is 5.12 Å². The minimum atomic E-state index is 0.683. The van der Waals surface area contributed by atoms with E-state index in [1.165, 1.54) is 30.7 Å². The third-order valence-corrected chi connectivity index (χ3v) is 2.91. The average Bonchev–Trinajstić information content (AvgIpc) is 2.60. The predicted octanol–water partition coefficient (Wildman–Crippen LogP) is 0.397. The Balaban J connectivity index is 2.00. The minimum absolute atomic E-state index is 0.683. The molecule has 70 valence electrons. The zero-order valence-corrected chi connectivity index (χ0v) is 7.51. The van der Waals surface area contributed by atoms with Crippen LogP contribution in [0.15, 0.2) is 23.5 Å². The molecule has 2 heterocycles. The van der Waals surface area contributed by atoms with Crippen LogP contribution in [0.3, 0.4) is 0 Å². The number of allylic oxidation sites excluding steroid dienone is 2. The molecule has 0 saturated carbocycles. The minimum Gasteiger partial charge on any atom is -0.301 e. The quantitative estimate of drug-likeness (QED) is 0.502. The predicted molar refractivity (Wildman–Crippen MR) is 49.6 cm³/mol. The molecule has 0 amide bonds. The van der Waals surface area contributed by atoms with Crippen LogP contribution in [-0.2, 0) is 0 Å². The summed E-state index contributed by atoms with van der Waals surface area (Å²) in [6.45, 7) is 1.07. The van der Waals surface area contributed by atoms with Crippen molar-refractivity contribution in [3.63, 3.8) is 0 Å². The highest BCUT2D eigenvalue weighted by molar-refractivity contribution is 5.29. The molecule has 1 saturated heterocycles. The summed E-state index contributed by atoms with van der Waals surface area (Å²) in [5.41, 5.74) is 12.2. The Labute approximate surface area is 77.6 Å². The van der Waals surface area contributed by atoms with Crippen LogP contribution in [0.5, 0.6) is 0 Å². The van der Waals surface area contributed by atoms with Crippen molar-refractivity contribution < 1.29 is 0 Å². The molecule has 4 nitrogen and oxygen atoms in total. The number of nitrogens with one attached hydrogen (secondary N) is 3. The molecule has 13 heavy (non-hydrogen) atoms. The SMILES string of the molecule is C1=C\C2=C3C(CCC/1)CNN3NN2. The summed E-state index contributed by atoms with van der Waals surface area (Å²) >= 11 is 0. The van der Waals surface area contributed by atoms with Gasteiger partial charge >= 0.3 is 0 Å². The van der Waals surface area contributed by atoms with E-state index in [2.05, 4.69) is 28.5 Å². The molecule has 4 heteroatoms. The topological polar surface area (TPSA) is 39.3 Å². The van der Waals surface area contributed by atoms with Crippen LogP contribution in [0.25, 0.3) is 0 Å². The summed E-state index contributed by atoms with van der Waals surface area (Å²) in [4.78, 5) is 0. The van der Waals surface area contributed by atoms with Crippen LogP contribution in [0.1, 0.15) is 19.3 Å².